The number of halogens is 1. The molecule has 6 nitrogen and oxygen atoms in total. The van der Waals surface area contributed by atoms with Gasteiger partial charge in [-0.2, -0.15) is 0 Å². The van der Waals surface area contributed by atoms with Gasteiger partial charge in [0.15, 0.2) is 0 Å². The number of rotatable bonds is 6. The first-order valence-corrected chi connectivity index (χ1v) is 9.66. The Morgan fingerprint density at radius 1 is 1.30 bits per heavy atom. The molecule has 3 N–H and O–H groups in total. The molecule has 0 bridgehead atoms. The van der Waals surface area contributed by atoms with E-state index >= 15 is 0 Å². The first-order valence-electron chi connectivity index (χ1n) is 5.73. The van der Waals surface area contributed by atoms with E-state index in [0.29, 0.717) is 5.56 Å². The van der Waals surface area contributed by atoms with Gasteiger partial charge in [-0.3, -0.25) is 0 Å². The van der Waals surface area contributed by atoms with Gasteiger partial charge in [0.2, 0.25) is 10.0 Å². The van der Waals surface area contributed by atoms with Crippen molar-refractivity contribution in [3.05, 3.63) is 28.8 Å². The average molecular weight is 341 g/mol. The first-order chi connectivity index (χ1) is 9.05. The summed E-state index contributed by atoms with van der Waals surface area (Å²) in [6.45, 7) is 1.69. The minimum atomic E-state index is -3.82. The second-order valence-electron chi connectivity index (χ2n) is 4.57. The monoisotopic (exact) mass is 340 g/mol. The fraction of sp³-hybridized carbons (Fsp3) is 0.455. The molecule has 20 heavy (non-hydrogen) atoms. The van der Waals surface area contributed by atoms with Crippen molar-refractivity contribution in [2.45, 2.75) is 24.4 Å². The van der Waals surface area contributed by atoms with Crippen LogP contribution in [0.3, 0.4) is 0 Å². The smallest absolute Gasteiger partial charge is 0.240 e. The molecule has 0 spiro atoms. The molecule has 0 saturated carbocycles. The number of nitrogens with two attached hydrogens (primary N) is 1. The summed E-state index contributed by atoms with van der Waals surface area (Å²) in [7, 11) is -7.09. The summed E-state index contributed by atoms with van der Waals surface area (Å²) in [5, 5.41) is 0.256. The first kappa shape index (κ1) is 17.4. The van der Waals surface area contributed by atoms with Crippen LogP contribution in [0.25, 0.3) is 0 Å². The molecule has 1 aromatic carbocycles. The summed E-state index contributed by atoms with van der Waals surface area (Å²) in [5.41, 5.74) is 6.08. The van der Waals surface area contributed by atoms with Gasteiger partial charge in [0.05, 0.1) is 10.6 Å². The normalized spacial score (nSPS) is 14.2. The predicted molar refractivity (Wildman–Crippen MR) is 78.8 cm³/mol. The number of sulfone groups is 1. The Labute approximate surface area is 124 Å². The zero-order valence-corrected chi connectivity index (χ0v) is 13.5. The van der Waals surface area contributed by atoms with Crippen LogP contribution in [0.1, 0.15) is 12.5 Å². The SMILES string of the molecule is CC(CS(C)(=O)=O)NS(=O)(=O)c1ccc(CN)c(Cl)c1. The molecule has 0 aliphatic carbocycles. The second-order valence-corrected chi connectivity index (χ2v) is 8.88. The lowest BCUT2D eigenvalue weighted by molar-refractivity contribution is 0.564. The van der Waals surface area contributed by atoms with Gasteiger partial charge in [0, 0.05) is 23.9 Å². The highest BCUT2D eigenvalue weighted by atomic mass is 35.5. The lowest BCUT2D eigenvalue weighted by Gasteiger charge is -2.14. The maximum Gasteiger partial charge on any atom is 0.240 e. The topological polar surface area (TPSA) is 106 Å². The standard InChI is InChI=1S/C11H17ClN2O4S2/c1-8(7-19(2,15)16)14-20(17,18)10-4-3-9(6-13)11(12)5-10/h3-5,8,14H,6-7,13H2,1-2H3. The minimum Gasteiger partial charge on any atom is -0.326 e. The highest BCUT2D eigenvalue weighted by Gasteiger charge is 2.20. The zero-order valence-electron chi connectivity index (χ0n) is 11.1. The fourth-order valence-corrected chi connectivity index (χ4v) is 4.37. The van der Waals surface area contributed by atoms with Gasteiger partial charge in [-0.1, -0.05) is 17.7 Å². The van der Waals surface area contributed by atoms with Crippen molar-refractivity contribution < 1.29 is 16.8 Å². The lowest BCUT2D eigenvalue weighted by atomic mass is 10.2. The van der Waals surface area contributed by atoms with Gasteiger partial charge in [-0.05, 0) is 24.6 Å². The molecule has 114 valence electrons. The van der Waals surface area contributed by atoms with Crippen LogP contribution in [-0.4, -0.2) is 34.9 Å². The summed E-state index contributed by atoms with van der Waals surface area (Å²) >= 11 is 5.91. The third-order valence-corrected chi connectivity index (χ3v) is 5.51. The van der Waals surface area contributed by atoms with E-state index in [9.17, 15) is 16.8 Å². The number of benzene rings is 1. The van der Waals surface area contributed by atoms with E-state index in [0.717, 1.165) is 6.26 Å². The number of sulfonamides is 1. The molecule has 0 radical (unpaired) electrons. The minimum absolute atomic E-state index is 0.0277. The van der Waals surface area contributed by atoms with E-state index in [1.165, 1.54) is 25.1 Å². The molecule has 1 atom stereocenters. The molecule has 9 heteroatoms. The molecule has 0 aliphatic heterocycles. The third-order valence-electron chi connectivity index (χ3n) is 2.46. The van der Waals surface area contributed by atoms with Gasteiger partial charge in [0.1, 0.15) is 9.84 Å². The van der Waals surface area contributed by atoms with Crippen molar-refractivity contribution in [1.82, 2.24) is 4.72 Å². The van der Waals surface area contributed by atoms with Crippen molar-refractivity contribution >= 4 is 31.5 Å². The summed E-state index contributed by atoms with van der Waals surface area (Å²) in [5.74, 6) is -0.277. The van der Waals surface area contributed by atoms with Gasteiger partial charge >= 0.3 is 0 Å². The molecular weight excluding hydrogens is 324 g/mol. The van der Waals surface area contributed by atoms with Crippen LogP contribution in [-0.2, 0) is 26.4 Å². The van der Waals surface area contributed by atoms with Crippen LogP contribution in [0.5, 0.6) is 0 Å². The Morgan fingerprint density at radius 3 is 2.35 bits per heavy atom. The molecule has 0 saturated heterocycles. The Morgan fingerprint density at radius 2 is 1.90 bits per heavy atom. The van der Waals surface area contributed by atoms with E-state index in [-0.39, 0.29) is 22.2 Å². The van der Waals surface area contributed by atoms with Crippen LogP contribution >= 0.6 is 11.6 Å². The molecule has 0 heterocycles. The average Bonchev–Trinajstić information content (AvgIpc) is 2.25. The van der Waals surface area contributed by atoms with E-state index in [1.54, 1.807) is 0 Å². The molecule has 1 aromatic rings. The maximum atomic E-state index is 12.1. The van der Waals surface area contributed by atoms with Crippen LogP contribution in [0.15, 0.2) is 23.1 Å². The number of hydrogen-bond acceptors (Lipinski definition) is 5. The Hall–Kier alpha value is -0.670. The highest BCUT2D eigenvalue weighted by molar-refractivity contribution is 7.91. The Balaban J connectivity index is 2.97. The van der Waals surface area contributed by atoms with E-state index in [2.05, 4.69) is 4.72 Å². The maximum absolute atomic E-state index is 12.1. The quantitative estimate of drug-likeness (QED) is 0.784. The summed E-state index contributed by atoms with van der Waals surface area (Å²) in [4.78, 5) is -0.0277. The fourth-order valence-electron chi connectivity index (χ4n) is 1.68. The van der Waals surface area contributed by atoms with Gasteiger partial charge in [0.25, 0.3) is 0 Å². The van der Waals surface area contributed by atoms with E-state index < -0.39 is 25.9 Å². The number of nitrogens with one attached hydrogen (secondary N) is 1. The zero-order chi connectivity index (χ0) is 15.6. The van der Waals surface area contributed by atoms with E-state index in [1.807, 2.05) is 0 Å². The van der Waals surface area contributed by atoms with Crippen LogP contribution in [0, 0.1) is 0 Å². The van der Waals surface area contributed by atoms with Crippen molar-refractivity contribution in [2.75, 3.05) is 12.0 Å². The van der Waals surface area contributed by atoms with Crippen LogP contribution in [0.4, 0.5) is 0 Å². The molecule has 0 amide bonds. The second kappa shape index (κ2) is 6.40. The summed E-state index contributed by atoms with van der Waals surface area (Å²) < 4.78 is 48.7. The molecular formula is C11H17ClN2O4S2. The summed E-state index contributed by atoms with van der Waals surface area (Å²) in [6, 6.07) is 3.46. The van der Waals surface area contributed by atoms with Crippen molar-refractivity contribution in [1.29, 1.82) is 0 Å². The van der Waals surface area contributed by atoms with E-state index in [4.69, 9.17) is 17.3 Å². The predicted octanol–water partition coefficient (Wildman–Crippen LogP) is 0.510. The molecule has 1 unspecified atom stereocenters. The lowest BCUT2D eigenvalue weighted by Crippen LogP contribution is -2.37. The largest absolute Gasteiger partial charge is 0.326 e. The van der Waals surface area contributed by atoms with Crippen molar-refractivity contribution in [2.24, 2.45) is 5.73 Å². The summed E-state index contributed by atoms with van der Waals surface area (Å²) in [6.07, 6.45) is 1.05. The molecule has 0 fully saturated rings. The van der Waals surface area contributed by atoms with Gasteiger partial charge < -0.3 is 5.73 Å². The Bertz CT molecular complexity index is 686. The van der Waals surface area contributed by atoms with Crippen LogP contribution in [0.2, 0.25) is 5.02 Å². The van der Waals surface area contributed by atoms with Crippen LogP contribution < -0.4 is 10.5 Å². The van der Waals surface area contributed by atoms with Gasteiger partial charge in [-0.15, -0.1) is 0 Å². The van der Waals surface area contributed by atoms with Crippen molar-refractivity contribution in [3.8, 4) is 0 Å². The Kier molecular flexibility index (Phi) is 5.56. The van der Waals surface area contributed by atoms with Gasteiger partial charge in [-0.25, -0.2) is 21.6 Å². The number of hydrogen-bond donors (Lipinski definition) is 2. The van der Waals surface area contributed by atoms with Crippen molar-refractivity contribution in [3.63, 3.8) is 0 Å². The molecule has 0 aliphatic rings. The molecule has 0 aromatic heterocycles. The third kappa shape index (κ3) is 5.02. The highest BCUT2D eigenvalue weighted by Crippen LogP contribution is 2.20. The molecule has 1 rings (SSSR count).